The van der Waals surface area contributed by atoms with Gasteiger partial charge in [-0.25, -0.2) is 13.6 Å². The van der Waals surface area contributed by atoms with Crippen LogP contribution in [0, 0.1) is 17.0 Å². The van der Waals surface area contributed by atoms with Gasteiger partial charge in [0.05, 0.1) is 18.3 Å². The number of amides is 2. The second kappa shape index (κ2) is 6.98. The van der Waals surface area contributed by atoms with E-state index in [-0.39, 0.29) is 5.56 Å². The SMILES string of the molecule is Cn1nccc1CNC(=O)N[C@@H](c1ccc(F)cc1F)C(C)(C)C. The summed E-state index contributed by atoms with van der Waals surface area (Å²) in [5.74, 6) is -1.33. The van der Waals surface area contributed by atoms with Crippen molar-refractivity contribution >= 4 is 6.03 Å². The first-order valence-corrected chi connectivity index (χ1v) is 7.64. The van der Waals surface area contributed by atoms with Crippen LogP contribution in [0.4, 0.5) is 13.6 Å². The molecule has 1 aromatic carbocycles. The Balaban J connectivity index is 2.11. The van der Waals surface area contributed by atoms with Crippen LogP contribution in [-0.2, 0) is 13.6 Å². The molecule has 1 aromatic heterocycles. The molecule has 2 N–H and O–H groups in total. The maximum absolute atomic E-state index is 14.1. The molecule has 0 aliphatic heterocycles. The minimum Gasteiger partial charge on any atom is -0.333 e. The van der Waals surface area contributed by atoms with Crippen LogP contribution in [0.15, 0.2) is 30.5 Å². The van der Waals surface area contributed by atoms with Crippen LogP contribution in [-0.4, -0.2) is 15.8 Å². The number of aromatic nitrogens is 2. The number of carbonyl (C=O) groups excluding carboxylic acids is 1. The van der Waals surface area contributed by atoms with E-state index in [0.29, 0.717) is 6.54 Å². The summed E-state index contributed by atoms with van der Waals surface area (Å²) in [5.41, 5.74) is 0.632. The van der Waals surface area contributed by atoms with Crippen molar-refractivity contribution in [3.63, 3.8) is 0 Å². The smallest absolute Gasteiger partial charge is 0.315 e. The molecule has 1 atom stereocenters. The van der Waals surface area contributed by atoms with Crippen LogP contribution in [0.5, 0.6) is 0 Å². The zero-order chi connectivity index (χ0) is 17.9. The Bertz CT molecular complexity index is 722. The summed E-state index contributed by atoms with van der Waals surface area (Å²) < 4.78 is 28.9. The van der Waals surface area contributed by atoms with Crippen LogP contribution in [0.1, 0.15) is 38.1 Å². The van der Waals surface area contributed by atoms with Gasteiger partial charge in [0.2, 0.25) is 0 Å². The highest BCUT2D eigenvalue weighted by Gasteiger charge is 2.30. The van der Waals surface area contributed by atoms with E-state index in [1.807, 2.05) is 20.8 Å². The average Bonchev–Trinajstić information content (AvgIpc) is 2.87. The van der Waals surface area contributed by atoms with E-state index >= 15 is 0 Å². The van der Waals surface area contributed by atoms with Crippen molar-refractivity contribution in [1.29, 1.82) is 0 Å². The highest BCUT2D eigenvalue weighted by molar-refractivity contribution is 5.74. The van der Waals surface area contributed by atoms with Crippen LogP contribution < -0.4 is 10.6 Å². The van der Waals surface area contributed by atoms with Crippen molar-refractivity contribution in [2.24, 2.45) is 12.5 Å². The molecule has 0 aliphatic rings. The minimum absolute atomic E-state index is 0.250. The van der Waals surface area contributed by atoms with Gasteiger partial charge in [-0.15, -0.1) is 0 Å². The molecule has 2 aromatic rings. The number of nitrogens with one attached hydrogen (secondary N) is 2. The molecule has 0 spiro atoms. The predicted molar refractivity (Wildman–Crippen MR) is 87.1 cm³/mol. The van der Waals surface area contributed by atoms with Gasteiger partial charge in [-0.05, 0) is 17.5 Å². The van der Waals surface area contributed by atoms with Crippen LogP contribution in [0.3, 0.4) is 0 Å². The third kappa shape index (κ3) is 4.31. The normalized spacial score (nSPS) is 12.8. The highest BCUT2D eigenvalue weighted by Crippen LogP contribution is 2.34. The number of benzene rings is 1. The number of urea groups is 1. The van der Waals surface area contributed by atoms with Gasteiger partial charge in [0.15, 0.2) is 0 Å². The summed E-state index contributed by atoms with van der Waals surface area (Å²) in [7, 11) is 1.78. The maximum atomic E-state index is 14.1. The zero-order valence-electron chi connectivity index (χ0n) is 14.2. The summed E-state index contributed by atoms with van der Waals surface area (Å²) in [6, 6.07) is 4.13. The van der Waals surface area contributed by atoms with E-state index in [0.717, 1.165) is 11.8 Å². The lowest BCUT2D eigenvalue weighted by atomic mass is 9.82. The van der Waals surface area contributed by atoms with E-state index < -0.39 is 29.1 Å². The molecule has 24 heavy (non-hydrogen) atoms. The van der Waals surface area contributed by atoms with Crippen molar-refractivity contribution in [2.75, 3.05) is 0 Å². The van der Waals surface area contributed by atoms with Gasteiger partial charge >= 0.3 is 6.03 Å². The van der Waals surface area contributed by atoms with Crippen molar-refractivity contribution in [2.45, 2.75) is 33.4 Å². The van der Waals surface area contributed by atoms with E-state index in [1.165, 1.54) is 12.1 Å². The number of halogens is 2. The molecule has 2 amide bonds. The Labute approximate surface area is 140 Å². The number of rotatable bonds is 4. The fraction of sp³-hybridized carbons (Fsp3) is 0.412. The van der Waals surface area contributed by atoms with Gasteiger partial charge in [-0.2, -0.15) is 5.10 Å². The molecule has 1 heterocycles. The van der Waals surface area contributed by atoms with E-state index in [9.17, 15) is 13.6 Å². The molecular weight excluding hydrogens is 314 g/mol. The van der Waals surface area contributed by atoms with Crippen molar-refractivity contribution in [1.82, 2.24) is 20.4 Å². The molecule has 0 saturated carbocycles. The third-order valence-electron chi connectivity index (χ3n) is 3.77. The molecule has 0 fully saturated rings. The fourth-order valence-electron chi connectivity index (χ4n) is 2.42. The van der Waals surface area contributed by atoms with E-state index in [4.69, 9.17) is 0 Å². The van der Waals surface area contributed by atoms with Crippen molar-refractivity contribution < 1.29 is 13.6 Å². The summed E-state index contributed by atoms with van der Waals surface area (Å²) in [6.07, 6.45) is 1.64. The summed E-state index contributed by atoms with van der Waals surface area (Å²) in [4.78, 5) is 12.2. The summed E-state index contributed by atoms with van der Waals surface area (Å²) in [5, 5.41) is 9.52. The first-order valence-electron chi connectivity index (χ1n) is 7.64. The van der Waals surface area contributed by atoms with Crippen molar-refractivity contribution in [3.8, 4) is 0 Å². The van der Waals surface area contributed by atoms with Gasteiger partial charge in [0, 0.05) is 24.9 Å². The number of hydrogen-bond donors (Lipinski definition) is 2. The Morgan fingerprint density at radius 2 is 2.00 bits per heavy atom. The van der Waals surface area contributed by atoms with E-state index in [1.54, 1.807) is 24.0 Å². The quantitative estimate of drug-likeness (QED) is 0.900. The molecule has 0 unspecified atom stereocenters. The Hall–Kier alpha value is -2.44. The van der Waals surface area contributed by atoms with Gasteiger partial charge in [-0.1, -0.05) is 26.8 Å². The number of nitrogens with zero attached hydrogens (tertiary/aromatic N) is 2. The lowest BCUT2D eigenvalue weighted by molar-refractivity contribution is 0.216. The van der Waals surface area contributed by atoms with Crippen LogP contribution in [0.25, 0.3) is 0 Å². The Kier molecular flexibility index (Phi) is 5.21. The molecule has 7 heteroatoms. The Morgan fingerprint density at radius 3 is 2.54 bits per heavy atom. The van der Waals surface area contributed by atoms with Gasteiger partial charge in [0.25, 0.3) is 0 Å². The number of hydrogen-bond acceptors (Lipinski definition) is 2. The molecule has 130 valence electrons. The number of carbonyl (C=O) groups is 1. The average molecular weight is 336 g/mol. The fourth-order valence-corrected chi connectivity index (χ4v) is 2.42. The molecule has 2 rings (SSSR count). The maximum Gasteiger partial charge on any atom is 0.315 e. The topological polar surface area (TPSA) is 59.0 Å². The van der Waals surface area contributed by atoms with Crippen LogP contribution >= 0.6 is 0 Å². The molecule has 0 radical (unpaired) electrons. The second-order valence-electron chi connectivity index (χ2n) is 6.74. The molecule has 0 bridgehead atoms. The minimum atomic E-state index is -0.679. The predicted octanol–water partition coefficient (Wildman–Crippen LogP) is 3.28. The first kappa shape index (κ1) is 17.9. The van der Waals surface area contributed by atoms with Gasteiger partial charge in [0.1, 0.15) is 11.6 Å². The summed E-state index contributed by atoms with van der Waals surface area (Å²) in [6.45, 7) is 5.93. The molecular formula is C17H22F2N4O. The number of aryl methyl sites for hydroxylation is 1. The summed E-state index contributed by atoms with van der Waals surface area (Å²) >= 11 is 0. The third-order valence-corrected chi connectivity index (χ3v) is 3.77. The highest BCUT2D eigenvalue weighted by atomic mass is 19.1. The molecule has 0 aliphatic carbocycles. The van der Waals surface area contributed by atoms with Gasteiger partial charge < -0.3 is 10.6 Å². The van der Waals surface area contributed by atoms with Crippen molar-refractivity contribution in [3.05, 3.63) is 53.4 Å². The zero-order valence-corrected chi connectivity index (χ0v) is 14.2. The second-order valence-corrected chi connectivity index (χ2v) is 6.74. The molecule has 0 saturated heterocycles. The lowest BCUT2D eigenvalue weighted by Gasteiger charge is -2.32. The molecule has 5 nitrogen and oxygen atoms in total. The largest absolute Gasteiger partial charge is 0.333 e. The lowest BCUT2D eigenvalue weighted by Crippen LogP contribution is -2.42. The van der Waals surface area contributed by atoms with Crippen LogP contribution in [0.2, 0.25) is 0 Å². The van der Waals surface area contributed by atoms with Gasteiger partial charge in [-0.3, -0.25) is 4.68 Å². The standard InChI is InChI=1S/C17H22F2N4O/c1-17(2,3)15(13-6-5-11(18)9-14(13)19)22-16(24)20-10-12-7-8-21-23(12)4/h5-9,15H,10H2,1-4H3,(H2,20,22,24)/t15-/m0/s1. The Morgan fingerprint density at radius 1 is 1.29 bits per heavy atom. The van der Waals surface area contributed by atoms with E-state index in [2.05, 4.69) is 15.7 Å². The monoisotopic (exact) mass is 336 g/mol. The first-order chi connectivity index (χ1) is 11.2.